The molecule has 0 amide bonds. The second-order valence-corrected chi connectivity index (χ2v) is 17.6. The fourth-order valence-electron chi connectivity index (χ4n) is 13.3. The predicted octanol–water partition coefficient (Wildman–Crippen LogP) is 11.1. The predicted molar refractivity (Wildman–Crippen MR) is 192 cm³/mol. The van der Waals surface area contributed by atoms with Gasteiger partial charge >= 0.3 is 0 Å². The monoisotopic (exact) mass is 621 g/mol. The van der Waals surface area contributed by atoms with Crippen LogP contribution in [0.25, 0.3) is 0 Å². The number of hydrogen-bond acceptors (Lipinski definition) is 2. The zero-order valence-corrected chi connectivity index (χ0v) is 29.1. The number of rotatable bonds is 5. The van der Waals surface area contributed by atoms with Gasteiger partial charge in [-0.15, -0.1) is 0 Å². The van der Waals surface area contributed by atoms with E-state index in [0.29, 0.717) is 6.04 Å². The van der Waals surface area contributed by atoms with Crippen molar-refractivity contribution < 1.29 is 0 Å². The van der Waals surface area contributed by atoms with Crippen molar-refractivity contribution in [1.29, 1.82) is 0 Å². The van der Waals surface area contributed by atoms with Gasteiger partial charge in [0.1, 0.15) is 0 Å². The molecule has 1 heterocycles. The zero-order valence-electron chi connectivity index (χ0n) is 29.1. The maximum absolute atomic E-state index is 3.20. The van der Waals surface area contributed by atoms with E-state index in [9.17, 15) is 0 Å². The first-order valence-electron chi connectivity index (χ1n) is 20.8. The Hall–Kier alpha value is -1.54. The Balaban J connectivity index is 0.975. The molecule has 6 unspecified atom stereocenters. The van der Waals surface area contributed by atoms with Gasteiger partial charge in [0.2, 0.25) is 0 Å². The first-order chi connectivity index (χ1) is 22.8. The van der Waals surface area contributed by atoms with Gasteiger partial charge in [-0.1, -0.05) is 61.3 Å². The molecule has 2 nitrogen and oxygen atoms in total. The van der Waals surface area contributed by atoms with Crippen LogP contribution < -0.4 is 0 Å². The summed E-state index contributed by atoms with van der Waals surface area (Å²) in [4.78, 5) is 6.38. The highest BCUT2D eigenvalue weighted by molar-refractivity contribution is 5.36. The second-order valence-electron chi connectivity index (χ2n) is 17.6. The number of allylic oxidation sites excluding steroid dienone is 7. The molecule has 46 heavy (non-hydrogen) atoms. The summed E-state index contributed by atoms with van der Waals surface area (Å²) in [5.74, 6) is 5.39. The van der Waals surface area contributed by atoms with Gasteiger partial charge in [0.25, 0.3) is 0 Å². The molecule has 1 saturated heterocycles. The lowest BCUT2D eigenvalue weighted by Crippen LogP contribution is -2.52. The molecular formula is C44H64N2. The van der Waals surface area contributed by atoms with Gasteiger partial charge in [0.05, 0.1) is 6.04 Å². The van der Waals surface area contributed by atoms with Crippen LogP contribution in [0, 0.1) is 35.5 Å². The lowest BCUT2D eigenvalue weighted by molar-refractivity contribution is 0.0359. The lowest BCUT2D eigenvalue weighted by atomic mass is 9.65. The largest absolute Gasteiger partial charge is 0.365 e. The molecule has 0 N–H and O–H groups in total. The quantitative estimate of drug-likeness (QED) is 0.282. The molecule has 9 aliphatic rings. The zero-order chi connectivity index (χ0) is 30.5. The molecule has 250 valence electrons. The molecular weight excluding hydrogens is 556 g/mol. The molecule has 0 spiro atoms. The Morgan fingerprint density at radius 3 is 2.30 bits per heavy atom. The third kappa shape index (κ3) is 5.67. The summed E-state index contributed by atoms with van der Waals surface area (Å²) in [5.41, 5.74) is 5.75. The van der Waals surface area contributed by atoms with E-state index >= 15 is 0 Å². The minimum atomic E-state index is 0.671. The summed E-state index contributed by atoms with van der Waals surface area (Å²) < 4.78 is 0. The van der Waals surface area contributed by atoms with Crippen molar-refractivity contribution in [3.63, 3.8) is 0 Å². The second kappa shape index (κ2) is 13.4. The van der Waals surface area contributed by atoms with Crippen molar-refractivity contribution in [3.05, 3.63) is 59.4 Å². The minimum absolute atomic E-state index is 0.671. The van der Waals surface area contributed by atoms with E-state index in [2.05, 4.69) is 52.3 Å². The van der Waals surface area contributed by atoms with E-state index in [4.69, 9.17) is 0 Å². The highest BCUT2D eigenvalue weighted by atomic mass is 15.3. The third-order valence-corrected chi connectivity index (χ3v) is 15.5. The van der Waals surface area contributed by atoms with Crippen LogP contribution in [0.3, 0.4) is 0 Å². The van der Waals surface area contributed by atoms with E-state index in [0.717, 1.165) is 59.7 Å². The van der Waals surface area contributed by atoms with E-state index in [1.54, 1.807) is 0 Å². The standard InChI is InChI=1S/C44H64N2/c1-3-14-36(15-4-1)45(38-24-21-32(22-25-38)35-20-19-31-11-7-8-13-34(31)29-35)39-26-28-41-42-27-23-33-12-9-10-18-40(33)44(42)46(43(41)30-39)37-16-5-2-6-17-37/h1,3,7-8,11,13,30-32,34-39,41-42,44H,2,4-6,9-10,12,14-29H2/t31?,32?,34?,35?,36?,38?,39?,41-,42?,44+/m0/s1. The van der Waals surface area contributed by atoms with Gasteiger partial charge in [-0.25, -0.2) is 0 Å². The number of nitrogens with zero attached hydrogens (tertiary/aromatic N) is 2. The number of hydrogen-bond donors (Lipinski definition) is 0. The highest BCUT2D eigenvalue weighted by Crippen LogP contribution is 2.56. The molecule has 1 aliphatic heterocycles. The maximum atomic E-state index is 3.20. The SMILES string of the molecule is C1=CC2CCC(C3CCC(N(C4C=C5[C@@H](CC4)C4CCC6=C(CCCC6)[C@H]4N5C4CCCCC4)C4CC=CCC4)CC3)CC2C=C1. The van der Waals surface area contributed by atoms with Crippen molar-refractivity contribution >= 4 is 0 Å². The Morgan fingerprint density at radius 1 is 0.630 bits per heavy atom. The summed E-state index contributed by atoms with van der Waals surface area (Å²) in [6.07, 6.45) is 50.8. The van der Waals surface area contributed by atoms with E-state index in [1.807, 2.05) is 16.8 Å². The first-order valence-corrected chi connectivity index (χ1v) is 20.8. The number of likely N-dealkylation sites (tertiary alicyclic amines) is 1. The van der Waals surface area contributed by atoms with Crippen molar-refractivity contribution in [2.24, 2.45) is 35.5 Å². The fraction of sp³-hybridized carbons (Fsp3) is 0.773. The molecule has 2 heteroatoms. The van der Waals surface area contributed by atoms with Crippen molar-refractivity contribution in [1.82, 2.24) is 9.80 Å². The molecule has 0 radical (unpaired) electrons. The normalized spacial score (nSPS) is 42.8. The molecule has 4 fully saturated rings. The summed E-state index contributed by atoms with van der Waals surface area (Å²) in [6.45, 7) is 0. The molecule has 0 aromatic heterocycles. The Morgan fingerprint density at radius 2 is 1.46 bits per heavy atom. The van der Waals surface area contributed by atoms with Crippen molar-refractivity contribution in [3.8, 4) is 0 Å². The van der Waals surface area contributed by atoms with E-state index in [1.165, 1.54) is 148 Å². The molecule has 9 rings (SSSR count). The molecule has 8 atom stereocenters. The minimum Gasteiger partial charge on any atom is -0.365 e. The van der Waals surface area contributed by atoms with Gasteiger partial charge in [-0.3, -0.25) is 4.90 Å². The molecule has 8 aliphatic carbocycles. The van der Waals surface area contributed by atoms with Crippen LogP contribution in [0.5, 0.6) is 0 Å². The van der Waals surface area contributed by atoms with E-state index < -0.39 is 0 Å². The van der Waals surface area contributed by atoms with Crippen molar-refractivity contribution in [2.45, 2.75) is 178 Å². The first kappa shape index (κ1) is 30.5. The highest BCUT2D eigenvalue weighted by Gasteiger charge is 2.52. The Labute approximate surface area is 281 Å². The van der Waals surface area contributed by atoms with Crippen LogP contribution >= 0.6 is 0 Å². The van der Waals surface area contributed by atoms with Gasteiger partial charge in [0, 0.05) is 35.8 Å². The maximum Gasteiger partial charge on any atom is 0.0539 e. The van der Waals surface area contributed by atoms with Crippen LogP contribution in [-0.4, -0.2) is 40.0 Å². The van der Waals surface area contributed by atoms with Gasteiger partial charge < -0.3 is 4.90 Å². The van der Waals surface area contributed by atoms with Gasteiger partial charge in [-0.05, 0) is 170 Å². The Bertz CT molecular complexity index is 1240. The van der Waals surface area contributed by atoms with Crippen LogP contribution in [0.4, 0.5) is 0 Å². The topological polar surface area (TPSA) is 6.48 Å². The van der Waals surface area contributed by atoms with Crippen LogP contribution in [0.1, 0.15) is 148 Å². The summed E-state index contributed by atoms with van der Waals surface area (Å²) in [7, 11) is 0. The summed E-state index contributed by atoms with van der Waals surface area (Å²) in [6, 6.07) is 3.83. The average molecular weight is 621 g/mol. The summed E-state index contributed by atoms with van der Waals surface area (Å²) >= 11 is 0. The van der Waals surface area contributed by atoms with Crippen LogP contribution in [0.15, 0.2) is 59.4 Å². The molecule has 0 aromatic rings. The van der Waals surface area contributed by atoms with E-state index in [-0.39, 0.29) is 0 Å². The molecule has 0 bridgehead atoms. The van der Waals surface area contributed by atoms with Gasteiger partial charge in [0.15, 0.2) is 0 Å². The number of fused-ring (bicyclic) bond motifs is 5. The molecule has 3 saturated carbocycles. The molecule has 0 aromatic carbocycles. The Kier molecular flexibility index (Phi) is 8.89. The van der Waals surface area contributed by atoms with Crippen LogP contribution in [-0.2, 0) is 0 Å². The van der Waals surface area contributed by atoms with Crippen molar-refractivity contribution in [2.75, 3.05) is 0 Å². The summed E-state index contributed by atoms with van der Waals surface area (Å²) in [5, 5.41) is 0. The fourth-order valence-corrected chi connectivity index (χ4v) is 13.3. The smallest absolute Gasteiger partial charge is 0.0539 e. The lowest BCUT2D eigenvalue weighted by Gasteiger charge is -2.49. The average Bonchev–Trinajstić information content (AvgIpc) is 3.47. The van der Waals surface area contributed by atoms with Crippen LogP contribution in [0.2, 0.25) is 0 Å². The third-order valence-electron chi connectivity index (χ3n) is 15.5. The van der Waals surface area contributed by atoms with Gasteiger partial charge in [-0.2, -0.15) is 0 Å².